The Labute approximate surface area is 186 Å². The highest BCUT2D eigenvalue weighted by atomic mass is 16.5. The molecule has 0 aliphatic carbocycles. The normalized spacial score (nSPS) is 11.3. The fraction of sp³-hybridized carbons (Fsp3) is 0.115. The Kier molecular flexibility index (Phi) is 6.84. The lowest BCUT2D eigenvalue weighted by Crippen LogP contribution is -2.27. The largest absolute Gasteiger partial charge is 0.487 e. The number of benzene rings is 2. The number of aliphatic hydroxyl groups is 1. The predicted octanol–water partition coefficient (Wildman–Crippen LogP) is 3.86. The number of rotatable bonds is 8. The summed E-state index contributed by atoms with van der Waals surface area (Å²) in [4.78, 5) is 21.3. The Morgan fingerprint density at radius 1 is 0.969 bits per heavy atom. The first-order chi connectivity index (χ1) is 15.7. The number of hydrogen-bond donors (Lipinski definition) is 2. The highest BCUT2D eigenvalue weighted by molar-refractivity contribution is 6.24. The van der Waals surface area contributed by atoms with Crippen molar-refractivity contribution < 1.29 is 14.6 Å². The van der Waals surface area contributed by atoms with E-state index in [1.165, 1.54) is 0 Å². The minimum absolute atomic E-state index is 0.121. The van der Waals surface area contributed by atoms with Gasteiger partial charge >= 0.3 is 0 Å². The maximum Gasteiger partial charge on any atom is 0.251 e. The SMILES string of the molecule is O=C(NCCO)C(=Cc1ccncc1)c1ccc(OCc2ccc3ccccc3n2)cc1. The molecule has 0 unspecified atom stereocenters. The second-order valence-electron chi connectivity index (χ2n) is 7.13. The number of fused-ring (bicyclic) bond motifs is 1. The molecular weight excluding hydrogens is 402 g/mol. The lowest BCUT2D eigenvalue weighted by atomic mass is 10.0. The summed E-state index contributed by atoms with van der Waals surface area (Å²) in [6.07, 6.45) is 5.14. The highest BCUT2D eigenvalue weighted by Gasteiger charge is 2.12. The van der Waals surface area contributed by atoms with Crippen LogP contribution in [0.4, 0.5) is 0 Å². The van der Waals surface area contributed by atoms with Gasteiger partial charge in [-0.1, -0.05) is 36.4 Å². The van der Waals surface area contributed by atoms with Gasteiger partial charge in [0.05, 0.1) is 17.8 Å². The second kappa shape index (κ2) is 10.3. The third kappa shape index (κ3) is 5.36. The molecule has 1 amide bonds. The Hall–Kier alpha value is -4.03. The molecular formula is C26H23N3O3. The number of carbonyl (C=O) groups is 1. The summed E-state index contributed by atoms with van der Waals surface area (Å²) in [5.41, 5.74) is 3.87. The number of carbonyl (C=O) groups excluding carboxylic acids is 1. The van der Waals surface area contributed by atoms with Crippen LogP contribution >= 0.6 is 0 Å². The van der Waals surface area contributed by atoms with Gasteiger partial charge in [-0.15, -0.1) is 0 Å². The fourth-order valence-corrected chi connectivity index (χ4v) is 3.25. The molecule has 2 heterocycles. The van der Waals surface area contributed by atoms with Crippen LogP contribution in [-0.2, 0) is 11.4 Å². The van der Waals surface area contributed by atoms with E-state index < -0.39 is 0 Å². The average molecular weight is 425 g/mol. The molecule has 160 valence electrons. The van der Waals surface area contributed by atoms with E-state index in [4.69, 9.17) is 9.84 Å². The number of pyridine rings is 2. The minimum Gasteiger partial charge on any atom is -0.487 e. The first-order valence-corrected chi connectivity index (χ1v) is 10.3. The van der Waals surface area contributed by atoms with E-state index in [0.717, 1.165) is 27.7 Å². The van der Waals surface area contributed by atoms with E-state index in [-0.39, 0.29) is 19.1 Å². The molecule has 6 nitrogen and oxygen atoms in total. The quantitative estimate of drug-likeness (QED) is 0.419. The summed E-state index contributed by atoms with van der Waals surface area (Å²) < 4.78 is 5.90. The van der Waals surface area contributed by atoms with Crippen LogP contribution in [0.25, 0.3) is 22.6 Å². The van der Waals surface area contributed by atoms with Gasteiger partial charge in [0.2, 0.25) is 0 Å². The van der Waals surface area contributed by atoms with Crippen LogP contribution in [-0.4, -0.2) is 34.1 Å². The van der Waals surface area contributed by atoms with E-state index >= 15 is 0 Å². The third-order valence-corrected chi connectivity index (χ3v) is 4.87. The van der Waals surface area contributed by atoms with Crippen molar-refractivity contribution in [2.45, 2.75) is 6.61 Å². The molecule has 0 spiro atoms. The van der Waals surface area contributed by atoms with Gasteiger partial charge in [-0.3, -0.25) is 9.78 Å². The van der Waals surface area contributed by atoms with E-state index in [1.54, 1.807) is 18.5 Å². The van der Waals surface area contributed by atoms with Crippen molar-refractivity contribution in [3.63, 3.8) is 0 Å². The van der Waals surface area contributed by atoms with Crippen molar-refractivity contribution in [2.24, 2.45) is 0 Å². The maximum atomic E-state index is 12.7. The van der Waals surface area contributed by atoms with Crippen molar-refractivity contribution in [3.8, 4) is 5.75 Å². The molecule has 0 fully saturated rings. The topological polar surface area (TPSA) is 84.3 Å². The van der Waals surface area contributed by atoms with Gasteiger partial charge in [0, 0.05) is 29.9 Å². The Bertz CT molecular complexity index is 1220. The van der Waals surface area contributed by atoms with E-state index in [1.807, 2.05) is 72.8 Å². The number of aromatic nitrogens is 2. The molecule has 6 heteroatoms. The van der Waals surface area contributed by atoms with Gasteiger partial charge in [-0.05, 0) is 53.6 Å². The molecule has 0 saturated heterocycles. The first-order valence-electron chi connectivity index (χ1n) is 10.3. The molecule has 2 aromatic carbocycles. The summed E-state index contributed by atoms with van der Waals surface area (Å²) in [6, 6.07) is 22.9. The molecule has 2 N–H and O–H groups in total. The monoisotopic (exact) mass is 425 g/mol. The lowest BCUT2D eigenvalue weighted by molar-refractivity contribution is -0.115. The minimum atomic E-state index is -0.259. The van der Waals surface area contributed by atoms with Crippen molar-refractivity contribution in [3.05, 3.63) is 102 Å². The van der Waals surface area contributed by atoms with Crippen LogP contribution < -0.4 is 10.1 Å². The van der Waals surface area contributed by atoms with Crippen LogP contribution in [0.5, 0.6) is 5.75 Å². The number of para-hydroxylation sites is 1. The van der Waals surface area contributed by atoms with E-state index in [9.17, 15) is 4.79 Å². The Morgan fingerprint density at radius 3 is 2.53 bits per heavy atom. The van der Waals surface area contributed by atoms with Crippen LogP contribution in [0.15, 0.2) is 85.2 Å². The van der Waals surface area contributed by atoms with Crippen molar-refractivity contribution in [1.82, 2.24) is 15.3 Å². The molecule has 2 aromatic heterocycles. The van der Waals surface area contributed by atoms with Gasteiger partial charge in [-0.25, -0.2) is 4.98 Å². The lowest BCUT2D eigenvalue weighted by Gasteiger charge is -2.11. The van der Waals surface area contributed by atoms with Gasteiger partial charge in [0.25, 0.3) is 5.91 Å². The van der Waals surface area contributed by atoms with Crippen LogP contribution in [0.3, 0.4) is 0 Å². The zero-order valence-electron chi connectivity index (χ0n) is 17.4. The van der Waals surface area contributed by atoms with Crippen molar-refractivity contribution in [2.75, 3.05) is 13.2 Å². The molecule has 32 heavy (non-hydrogen) atoms. The van der Waals surface area contributed by atoms with E-state index in [0.29, 0.717) is 17.9 Å². The first kappa shape index (κ1) is 21.2. The van der Waals surface area contributed by atoms with Gasteiger partial charge < -0.3 is 15.2 Å². The number of ether oxygens (including phenoxy) is 1. The van der Waals surface area contributed by atoms with E-state index in [2.05, 4.69) is 15.3 Å². The summed E-state index contributed by atoms with van der Waals surface area (Å²) in [5, 5.41) is 12.8. The zero-order chi connectivity index (χ0) is 22.2. The smallest absolute Gasteiger partial charge is 0.251 e. The molecule has 0 atom stereocenters. The fourth-order valence-electron chi connectivity index (χ4n) is 3.25. The summed E-state index contributed by atoms with van der Waals surface area (Å²) in [7, 11) is 0. The van der Waals surface area contributed by atoms with Gasteiger partial charge in [0.15, 0.2) is 0 Å². The maximum absolute atomic E-state index is 12.7. The molecule has 4 rings (SSSR count). The van der Waals surface area contributed by atoms with Crippen LogP contribution in [0, 0.1) is 0 Å². The predicted molar refractivity (Wildman–Crippen MR) is 125 cm³/mol. The Balaban J connectivity index is 1.50. The number of nitrogens with zero attached hydrogens (tertiary/aromatic N) is 2. The number of nitrogens with one attached hydrogen (secondary N) is 1. The third-order valence-electron chi connectivity index (χ3n) is 4.87. The van der Waals surface area contributed by atoms with Crippen LogP contribution in [0.1, 0.15) is 16.8 Å². The summed E-state index contributed by atoms with van der Waals surface area (Å²) >= 11 is 0. The second-order valence-corrected chi connectivity index (χ2v) is 7.13. The zero-order valence-corrected chi connectivity index (χ0v) is 17.4. The molecule has 0 bridgehead atoms. The number of aliphatic hydroxyl groups excluding tert-OH is 1. The molecule has 0 aliphatic rings. The van der Waals surface area contributed by atoms with Crippen LogP contribution in [0.2, 0.25) is 0 Å². The standard InChI is InChI=1S/C26H23N3O3/c30-16-15-28-26(31)24(17-19-11-13-27-14-12-19)20-6-9-23(10-7-20)32-18-22-8-5-21-3-1-2-4-25(21)29-22/h1-14,17,30H,15-16,18H2,(H,28,31). The van der Waals surface area contributed by atoms with Crippen molar-refractivity contribution >= 4 is 28.5 Å². The molecule has 4 aromatic rings. The van der Waals surface area contributed by atoms with Crippen molar-refractivity contribution in [1.29, 1.82) is 0 Å². The molecule has 0 aliphatic heterocycles. The van der Waals surface area contributed by atoms with Gasteiger partial charge in [-0.2, -0.15) is 0 Å². The average Bonchev–Trinajstić information content (AvgIpc) is 2.85. The highest BCUT2D eigenvalue weighted by Crippen LogP contribution is 2.22. The number of amides is 1. The number of hydrogen-bond acceptors (Lipinski definition) is 5. The molecule has 0 radical (unpaired) electrons. The summed E-state index contributed by atoms with van der Waals surface area (Å²) in [6.45, 7) is 0.414. The summed E-state index contributed by atoms with van der Waals surface area (Å²) in [5.74, 6) is 0.424. The van der Waals surface area contributed by atoms with Gasteiger partial charge in [0.1, 0.15) is 12.4 Å². The Morgan fingerprint density at radius 2 is 1.75 bits per heavy atom. The molecule has 0 saturated carbocycles.